The van der Waals surface area contributed by atoms with Gasteiger partial charge in [-0.05, 0) is 42.9 Å². The van der Waals surface area contributed by atoms with Crippen LogP contribution in [0.25, 0.3) is 0 Å². The fraction of sp³-hybridized carbons (Fsp3) is 0.826. The molecule has 0 aromatic carbocycles. The number of carbonyl (C=O) groups is 3. The van der Waals surface area contributed by atoms with Gasteiger partial charge in [0.05, 0.1) is 6.07 Å². The van der Waals surface area contributed by atoms with Crippen molar-refractivity contribution in [1.82, 2.24) is 20.3 Å². The second-order valence-corrected chi connectivity index (χ2v) is 12.8. The number of hydrogen-bond donors (Lipinski definition) is 3. The van der Waals surface area contributed by atoms with Gasteiger partial charge in [-0.1, -0.05) is 34.6 Å². The summed E-state index contributed by atoms with van der Waals surface area (Å²) in [5, 5.41) is 14.8. The number of nitrogens with one attached hydrogen (secondary N) is 3. The van der Waals surface area contributed by atoms with Gasteiger partial charge in [0.2, 0.25) is 17.7 Å². The van der Waals surface area contributed by atoms with E-state index in [0.717, 1.165) is 4.90 Å². The van der Waals surface area contributed by atoms with Gasteiger partial charge in [0.25, 0.3) is 0 Å². The number of rotatable bonds is 8. The zero-order valence-electron chi connectivity index (χ0n) is 21.7. The summed E-state index contributed by atoms with van der Waals surface area (Å²) >= 11 is 0. The van der Waals surface area contributed by atoms with Crippen molar-refractivity contribution < 1.29 is 36.0 Å². The van der Waals surface area contributed by atoms with Gasteiger partial charge in [0.15, 0.2) is 0 Å². The summed E-state index contributed by atoms with van der Waals surface area (Å²) in [7, 11) is -5.82. The van der Waals surface area contributed by atoms with Crippen molar-refractivity contribution in [3.63, 3.8) is 0 Å². The van der Waals surface area contributed by atoms with E-state index in [0.29, 0.717) is 19.4 Å². The summed E-state index contributed by atoms with van der Waals surface area (Å²) in [5.74, 6) is -3.15. The van der Waals surface area contributed by atoms with Crippen LogP contribution >= 0.6 is 0 Å². The van der Waals surface area contributed by atoms with Crippen LogP contribution in [-0.4, -0.2) is 67.8 Å². The molecule has 0 spiro atoms. The Morgan fingerprint density at radius 3 is 2.30 bits per heavy atom. The lowest BCUT2D eigenvalue weighted by atomic mass is 9.73. The number of hydrogen-bond acceptors (Lipinski definition) is 6. The first-order valence-electron chi connectivity index (χ1n) is 12.3. The summed E-state index contributed by atoms with van der Waals surface area (Å²) in [4.78, 5) is 39.8. The number of carbonyl (C=O) groups excluding carboxylic acids is 3. The van der Waals surface area contributed by atoms with E-state index in [1.54, 1.807) is 0 Å². The molecule has 210 valence electrons. The van der Waals surface area contributed by atoms with Crippen LogP contribution < -0.4 is 15.4 Å². The molecular weight excluding hydrogens is 515 g/mol. The summed E-state index contributed by atoms with van der Waals surface area (Å²) in [6.45, 7) is 9.20. The first kappa shape index (κ1) is 30.8. The Balaban J connectivity index is 2.32. The van der Waals surface area contributed by atoms with Crippen LogP contribution in [0.1, 0.15) is 60.3 Å². The SMILES string of the molecule is CC(C)[C@H](NS(=O)(=O)C(F)(F)F)C(=O)N1CC[C@@H](C(C)(C)C)C[C@H]1C(=O)N[C@H](C#N)C[C@@H]1CCNC1=O. The summed E-state index contributed by atoms with van der Waals surface area (Å²) < 4.78 is 64.1. The molecule has 2 saturated heterocycles. The molecule has 2 heterocycles. The molecule has 0 radical (unpaired) electrons. The second kappa shape index (κ2) is 11.6. The highest BCUT2D eigenvalue weighted by atomic mass is 32.2. The second-order valence-electron chi connectivity index (χ2n) is 11.1. The topological polar surface area (TPSA) is 148 Å². The summed E-state index contributed by atoms with van der Waals surface area (Å²) in [6.07, 6.45) is 1.24. The molecule has 0 saturated carbocycles. The van der Waals surface area contributed by atoms with Crippen LogP contribution in [0.4, 0.5) is 13.2 Å². The van der Waals surface area contributed by atoms with Gasteiger partial charge in [-0.15, -0.1) is 0 Å². The number of halogens is 3. The number of nitrogens with zero attached hydrogens (tertiary/aromatic N) is 2. The van der Waals surface area contributed by atoms with Gasteiger partial charge >= 0.3 is 15.5 Å². The van der Waals surface area contributed by atoms with Crippen LogP contribution in [-0.2, 0) is 24.4 Å². The van der Waals surface area contributed by atoms with Crippen molar-refractivity contribution in [3.8, 4) is 6.07 Å². The smallest absolute Gasteiger partial charge is 0.356 e. The number of piperidine rings is 1. The highest BCUT2D eigenvalue weighted by Gasteiger charge is 2.50. The van der Waals surface area contributed by atoms with E-state index in [1.807, 2.05) is 26.8 Å². The Hall–Kier alpha value is -2.40. The predicted octanol–water partition coefficient (Wildman–Crippen LogP) is 1.64. The molecule has 0 aromatic rings. The molecule has 3 amide bonds. The molecular formula is C23H36F3N5O5S. The van der Waals surface area contributed by atoms with Gasteiger partial charge in [-0.2, -0.15) is 23.2 Å². The zero-order chi connectivity index (χ0) is 28.3. The fourth-order valence-corrected chi connectivity index (χ4v) is 5.56. The Bertz CT molecular complexity index is 1020. The van der Waals surface area contributed by atoms with E-state index in [9.17, 15) is 41.2 Å². The molecule has 0 aliphatic carbocycles. The largest absolute Gasteiger partial charge is 0.511 e. The van der Waals surface area contributed by atoms with E-state index in [4.69, 9.17) is 0 Å². The van der Waals surface area contributed by atoms with E-state index in [1.165, 1.54) is 18.6 Å². The van der Waals surface area contributed by atoms with Gasteiger partial charge in [-0.3, -0.25) is 14.4 Å². The molecule has 2 aliphatic rings. The minimum absolute atomic E-state index is 0.0259. The maximum atomic E-state index is 13.4. The third-order valence-electron chi connectivity index (χ3n) is 7.09. The van der Waals surface area contributed by atoms with Crippen molar-refractivity contribution in [1.29, 1.82) is 5.26 Å². The third kappa shape index (κ3) is 7.56. The first-order chi connectivity index (χ1) is 16.9. The molecule has 0 aromatic heterocycles. The number of sulfonamides is 1. The van der Waals surface area contributed by atoms with Gasteiger partial charge in [0.1, 0.15) is 18.1 Å². The fourth-order valence-electron chi connectivity index (χ4n) is 4.71. The van der Waals surface area contributed by atoms with Crippen molar-refractivity contribution in [2.24, 2.45) is 23.2 Å². The highest BCUT2D eigenvalue weighted by molar-refractivity contribution is 7.90. The van der Waals surface area contributed by atoms with Crippen molar-refractivity contribution in [2.45, 2.75) is 83.9 Å². The average Bonchev–Trinajstić information content (AvgIpc) is 3.18. The molecule has 0 unspecified atom stereocenters. The number of amides is 3. The zero-order valence-corrected chi connectivity index (χ0v) is 22.5. The Morgan fingerprint density at radius 2 is 1.84 bits per heavy atom. The molecule has 14 heteroatoms. The standard InChI is InChI=1S/C23H36F3N5O5S/c1-13(2)18(30-37(35,36)23(24,25)26)21(34)31-9-7-15(22(3,4)5)11-17(31)20(33)29-16(12-27)10-14-6-8-28-19(14)32/h13-18,30H,6-11H2,1-5H3,(H,28,32)(H,29,33)/t14-,15+,16-,17-,18-/m0/s1. The lowest BCUT2D eigenvalue weighted by molar-refractivity contribution is -0.146. The van der Waals surface area contributed by atoms with Gasteiger partial charge in [-0.25, -0.2) is 8.42 Å². The van der Waals surface area contributed by atoms with E-state index in [-0.39, 0.29) is 36.6 Å². The average molecular weight is 552 g/mol. The van der Waals surface area contributed by atoms with E-state index < -0.39 is 57.3 Å². The Kier molecular flexibility index (Phi) is 9.62. The Morgan fingerprint density at radius 1 is 1.22 bits per heavy atom. The molecule has 3 N–H and O–H groups in total. The van der Waals surface area contributed by atoms with Crippen LogP contribution in [0.3, 0.4) is 0 Å². The van der Waals surface area contributed by atoms with Crippen molar-refractivity contribution >= 4 is 27.7 Å². The van der Waals surface area contributed by atoms with E-state index in [2.05, 4.69) is 10.6 Å². The summed E-state index contributed by atoms with van der Waals surface area (Å²) in [5.41, 5.74) is -5.86. The highest BCUT2D eigenvalue weighted by Crippen LogP contribution is 2.37. The molecule has 0 bridgehead atoms. The monoisotopic (exact) mass is 551 g/mol. The number of nitriles is 1. The van der Waals surface area contributed by atoms with E-state index >= 15 is 0 Å². The quantitative estimate of drug-likeness (QED) is 0.418. The van der Waals surface area contributed by atoms with Crippen LogP contribution in [0.2, 0.25) is 0 Å². The van der Waals surface area contributed by atoms with Crippen molar-refractivity contribution in [3.05, 3.63) is 0 Å². The predicted molar refractivity (Wildman–Crippen MR) is 128 cm³/mol. The van der Waals surface area contributed by atoms with Crippen LogP contribution in [0.5, 0.6) is 0 Å². The minimum atomic E-state index is -5.82. The molecule has 2 fully saturated rings. The van der Waals surface area contributed by atoms with Crippen LogP contribution in [0, 0.1) is 34.5 Å². The lowest BCUT2D eigenvalue weighted by Gasteiger charge is -2.44. The van der Waals surface area contributed by atoms with Gasteiger partial charge < -0.3 is 15.5 Å². The maximum Gasteiger partial charge on any atom is 0.511 e. The first-order valence-corrected chi connectivity index (χ1v) is 13.7. The summed E-state index contributed by atoms with van der Waals surface area (Å²) in [6, 6.07) is -1.93. The molecule has 10 nitrogen and oxygen atoms in total. The molecule has 2 rings (SSSR count). The molecule has 5 atom stereocenters. The Labute approximate surface area is 215 Å². The normalized spacial score (nSPS) is 24.8. The third-order valence-corrected chi connectivity index (χ3v) is 8.26. The minimum Gasteiger partial charge on any atom is -0.356 e. The lowest BCUT2D eigenvalue weighted by Crippen LogP contribution is -2.61. The van der Waals surface area contributed by atoms with Gasteiger partial charge in [0, 0.05) is 19.0 Å². The molecule has 2 aliphatic heterocycles. The maximum absolute atomic E-state index is 13.4. The number of alkyl halides is 3. The van der Waals surface area contributed by atoms with Crippen LogP contribution in [0.15, 0.2) is 0 Å². The number of likely N-dealkylation sites (tertiary alicyclic amines) is 1. The molecule has 37 heavy (non-hydrogen) atoms. The van der Waals surface area contributed by atoms with Crippen molar-refractivity contribution in [2.75, 3.05) is 13.1 Å².